The van der Waals surface area contributed by atoms with E-state index in [-0.39, 0.29) is 128 Å². The summed E-state index contributed by atoms with van der Waals surface area (Å²) in [7, 11) is 19.2. The number of benzene rings is 2. The maximum Gasteiger partial charge on any atom is 0.407 e. The summed E-state index contributed by atoms with van der Waals surface area (Å²) in [5, 5.41) is 25.0. The van der Waals surface area contributed by atoms with Crippen molar-refractivity contribution in [1.29, 1.82) is 0 Å². The van der Waals surface area contributed by atoms with Gasteiger partial charge in [0.25, 0.3) is 0 Å². The van der Waals surface area contributed by atoms with E-state index in [9.17, 15) is 81.5 Å². The maximum atomic E-state index is 12.3. The number of nitrogens with two attached hydrogens (primary N) is 1. The standard InChI is InChI=1S/C23H25NO4.C10H16N2O4.C10H15NO4.2C10H17NO3.C8H13NO3.C6H10O2.2C5H9NO.C2H7N.CH5N.P2S2.5H3P/c1-3-4-5-14-21(22(25)27-2)24-23(26)28-15-20-18-12-8-6-10-16(18)17-11-7-9-13-19(17)20;1-4-5-8(12-7(2)13)10(15)11-6-9(14)16-3;1-7(12)5-4-6-9(10(14)15-3)11-8(2)13;2*1-4-5-6-7-9(10(13)14-3)11-8(2)12;1-4-5-7(8(11)12-3)9-6(2)10;1-3-4-5-6(7)8-2;2*1-3-4-5(7)6-2;1-3-2;1-2;3-1-2-4;;;;;/h4-13,20-21H,3,14-15H2,1-2H3,(H,24,26);4,8H,1,5-6H2,2-3H3,(H,11,15)(H,12,13);4-5,9H,6H2,1-3H3,(H,11,13);2*5-6,9H,4,7H2,1-3H3,(H,11,12);4,7H,1,5H2,2-3H3,(H,9,10);3H,1,4-5H2,2H3;2*3-4H,1-2H3,(H,6,7);3H,1-2H3;2H2,1H3;;5*1H3/b5-4+;;5-4+;2*6-5+;;;2*4-3+;;;;;;;;/t21-;;3*9-;7-;;;;;;;;;;;/m0.0000.........../s1. The Kier molecular flexibility index (Phi) is 129. The third-order valence-corrected chi connectivity index (χ3v) is 17.4. The summed E-state index contributed by atoms with van der Waals surface area (Å²) >= 11 is 8.82. The fourth-order valence-electron chi connectivity index (χ4n) is 9.07. The molecule has 0 radical (unpaired) electrons. The Balaban J connectivity index is -0.000000103. The first-order valence-electron chi connectivity index (χ1n) is 40.5. The van der Waals surface area contributed by atoms with Gasteiger partial charge in [0.1, 0.15) is 49.4 Å². The van der Waals surface area contributed by atoms with Crippen LogP contribution in [-0.4, -0.2) is 235 Å². The molecule has 0 fully saturated rings. The van der Waals surface area contributed by atoms with E-state index >= 15 is 0 Å². The first-order chi connectivity index (χ1) is 61.7. The molecule has 1 aliphatic carbocycles. The Morgan fingerprint density at radius 3 is 0.948 bits per heavy atom. The van der Waals surface area contributed by atoms with Crippen LogP contribution < -0.4 is 58.9 Å². The fourth-order valence-corrected chi connectivity index (χ4v) is 9.07. The van der Waals surface area contributed by atoms with Gasteiger partial charge < -0.3 is 96.8 Å². The minimum Gasteiger partial charge on any atom is -0.469 e. The predicted octanol–water partition coefficient (Wildman–Crippen LogP) is 9.42. The molecule has 0 heterocycles. The third kappa shape index (κ3) is 97.1. The molecule has 12 N–H and O–H groups in total. The minimum absolute atomic E-state index is 0. The van der Waals surface area contributed by atoms with Crippen LogP contribution in [0.2, 0.25) is 0 Å². The number of rotatable bonds is 38. The van der Waals surface area contributed by atoms with Gasteiger partial charge in [0.2, 0.25) is 47.3 Å². The van der Waals surface area contributed by atoms with Crippen LogP contribution >= 0.6 is 63.6 Å². The quantitative estimate of drug-likeness (QED) is 0.00979. The Morgan fingerprint density at radius 1 is 0.407 bits per heavy atom. The number of esters is 7. The van der Waals surface area contributed by atoms with Gasteiger partial charge in [-0.2, -0.15) is 49.5 Å². The van der Waals surface area contributed by atoms with Gasteiger partial charge in [-0.05, 0) is 170 Å². The van der Waals surface area contributed by atoms with E-state index in [0.29, 0.717) is 44.9 Å². The molecule has 36 nitrogen and oxygen atoms in total. The fraction of sp³-hybridized carbons (Fsp3) is 0.478. The first-order valence-corrected chi connectivity index (χ1v) is 45.0. The number of hydrogen-bond acceptors (Lipinski definition) is 29. The normalized spacial score (nSPS) is 11.0. The zero-order valence-corrected chi connectivity index (χ0v) is 93.7. The number of ketones is 1. The third-order valence-electron chi connectivity index (χ3n) is 14.7. The molecule has 9 amide bonds. The summed E-state index contributed by atoms with van der Waals surface area (Å²) in [5.41, 5.74) is 9.13. The molecule has 11 atom stereocenters. The molecule has 0 spiro atoms. The average Bonchev–Trinajstić information content (AvgIpc) is 1.62. The average molecular weight is 2080 g/mol. The largest absolute Gasteiger partial charge is 0.469 e. The van der Waals surface area contributed by atoms with Crippen LogP contribution in [0.25, 0.3) is 11.1 Å². The lowest BCUT2D eigenvalue weighted by Crippen LogP contribution is -2.47. The van der Waals surface area contributed by atoms with Gasteiger partial charge in [0.15, 0.2) is 5.78 Å². The molecule has 0 saturated heterocycles. The maximum absolute atomic E-state index is 12.3. The van der Waals surface area contributed by atoms with E-state index < -0.39 is 84.1 Å². The molecule has 0 aromatic heterocycles. The topological polar surface area (TPSA) is 510 Å². The second-order valence-electron chi connectivity index (χ2n) is 25.1. The van der Waals surface area contributed by atoms with Crippen molar-refractivity contribution in [2.45, 2.75) is 189 Å². The van der Waals surface area contributed by atoms with Crippen molar-refractivity contribution in [2.24, 2.45) is 5.73 Å². The second-order valence-corrected chi connectivity index (χ2v) is 29.4. The highest BCUT2D eigenvalue weighted by atomic mass is 32.7. The number of nitrogens with one attached hydrogen (secondary N) is 10. The van der Waals surface area contributed by atoms with Crippen LogP contribution in [0.15, 0.2) is 159 Å². The van der Waals surface area contributed by atoms with Gasteiger partial charge in [0, 0.05) is 75.1 Å². The van der Waals surface area contributed by atoms with Gasteiger partial charge in [-0.1, -0.05) is 142 Å². The Labute approximate surface area is 830 Å². The lowest BCUT2D eigenvalue weighted by atomic mass is 9.98. The summed E-state index contributed by atoms with van der Waals surface area (Å²) in [5.74, 6) is -5.07. The number of ether oxygens (including phenoxy) is 8. The summed E-state index contributed by atoms with van der Waals surface area (Å²) < 4.78 is 37.1. The molecule has 0 saturated carbocycles. The van der Waals surface area contributed by atoms with Crippen molar-refractivity contribution in [3.05, 3.63) is 171 Å². The van der Waals surface area contributed by atoms with E-state index in [2.05, 4.69) is 155 Å². The lowest BCUT2D eigenvalue weighted by Gasteiger charge is -2.17. The number of hydrogen-bond donors (Lipinski definition) is 11. The minimum atomic E-state index is -0.761. The van der Waals surface area contributed by atoms with E-state index in [1.807, 2.05) is 95.6 Å². The number of likely N-dealkylation sites (N-methyl/N-ethyl adjacent to an activating group) is 2. The van der Waals surface area contributed by atoms with E-state index in [0.717, 1.165) is 44.5 Å². The number of fused-ring (bicyclic) bond motifs is 3. The molecule has 2 aromatic carbocycles. The van der Waals surface area contributed by atoms with Crippen molar-refractivity contribution in [1.82, 2.24) is 53.2 Å². The molecular formula is C90H158N11O25P7S2. The van der Waals surface area contributed by atoms with Gasteiger partial charge in [0.05, 0.1) is 49.8 Å². The molecule has 6 unspecified atom stereocenters. The van der Waals surface area contributed by atoms with Crippen molar-refractivity contribution < 1.29 is 119 Å². The van der Waals surface area contributed by atoms with E-state index in [4.69, 9.17) is 9.47 Å². The van der Waals surface area contributed by atoms with Crippen LogP contribution in [0.5, 0.6) is 0 Å². The van der Waals surface area contributed by atoms with Gasteiger partial charge in [-0.25, -0.2) is 28.8 Å². The van der Waals surface area contributed by atoms with Gasteiger partial charge >= 0.3 is 47.9 Å². The smallest absolute Gasteiger partial charge is 0.407 e. The number of amides is 9. The molecule has 135 heavy (non-hydrogen) atoms. The Bertz CT molecular complexity index is 3780. The van der Waals surface area contributed by atoms with Gasteiger partial charge in [-0.15, -0.1) is 19.7 Å². The number of carbonyl (C=O) groups is 17. The number of allylic oxidation sites excluding steroid dienone is 7. The predicted molar refractivity (Wildman–Crippen MR) is 570 cm³/mol. The summed E-state index contributed by atoms with van der Waals surface area (Å²) in [6, 6.07) is 12.4. The molecule has 0 aliphatic heterocycles. The molecule has 770 valence electrons. The summed E-state index contributed by atoms with van der Waals surface area (Å²) in [6.45, 7) is 28.1. The number of carbonyl (C=O) groups excluding carboxylic acids is 17. The SMILES string of the molecule is C/C=C/C(=O)NC.C/C=C/C(=O)NC.C=CCC(NC(C)=O)C(=O)NCC(=O)OC.C=CCCC(=O)OC.C=CC[C@H](NC(C)=O)C(=O)OC.CC/C=C/C[C@H](NC(=O)OCC1c2ccccc2-c2ccccc21)C(=O)OC.CC/C=C/C[C@H](NC(C)=O)C(=O)OC.CC/C=C/C[C@H](NC(C)=O)C(=O)OC.CN.CNC.COC(=O)[C@H](C/C=C/C(C)=O)NC(C)=O.P.P.P.P.P.S=PP=S. The highest BCUT2D eigenvalue weighted by Gasteiger charge is 2.30. The molecule has 3 rings (SSSR count). The van der Waals surface area contributed by atoms with E-state index in [1.54, 1.807) is 52.2 Å². The van der Waals surface area contributed by atoms with Crippen LogP contribution in [0.4, 0.5) is 4.79 Å². The molecular weight excluding hydrogens is 1920 g/mol. The van der Waals surface area contributed by atoms with Gasteiger partial charge in [-0.3, -0.25) is 52.7 Å². The van der Waals surface area contributed by atoms with Crippen LogP contribution in [0.1, 0.15) is 164 Å². The van der Waals surface area contributed by atoms with E-state index in [1.165, 1.54) is 140 Å². The molecule has 1 aliphatic rings. The summed E-state index contributed by atoms with van der Waals surface area (Å²) in [4.78, 5) is 186. The zero-order valence-electron chi connectivity index (χ0n) is 83.2. The van der Waals surface area contributed by atoms with Crippen molar-refractivity contribution in [3.63, 3.8) is 0 Å². The zero-order chi connectivity index (χ0) is 102. The number of methoxy groups -OCH3 is 7. The summed E-state index contributed by atoms with van der Waals surface area (Å²) in [6.07, 6.45) is 30.8. The van der Waals surface area contributed by atoms with Crippen molar-refractivity contribution in [2.75, 3.05) is 98.2 Å². The van der Waals surface area contributed by atoms with Crippen LogP contribution in [-0.2, 0) is 138 Å². The Morgan fingerprint density at radius 2 is 0.696 bits per heavy atom. The number of alkyl carbamates (subject to hydrolysis) is 1. The second kappa shape index (κ2) is 111. The molecule has 45 heteroatoms. The highest BCUT2D eigenvalue weighted by Crippen LogP contribution is 2.44. The Hall–Kier alpha value is -9.80. The molecule has 0 bridgehead atoms. The highest BCUT2D eigenvalue weighted by molar-refractivity contribution is 8.40. The monoisotopic (exact) mass is 2070 g/mol. The van der Waals surface area contributed by atoms with Crippen molar-refractivity contribution >= 4 is 188 Å². The first kappa shape index (κ1) is 156. The van der Waals surface area contributed by atoms with Crippen molar-refractivity contribution in [3.8, 4) is 11.1 Å². The lowest BCUT2D eigenvalue weighted by molar-refractivity contribution is -0.145. The molecule has 2 aromatic rings. The van der Waals surface area contributed by atoms with Crippen LogP contribution in [0.3, 0.4) is 0 Å². The van der Waals surface area contributed by atoms with Crippen LogP contribution in [0, 0.1) is 0 Å².